The summed E-state index contributed by atoms with van der Waals surface area (Å²) in [5, 5.41) is 3.31. The molecule has 0 fully saturated rings. The Balaban J connectivity index is 3.41. The third-order valence-corrected chi connectivity index (χ3v) is 1.41. The van der Waals surface area contributed by atoms with Crippen molar-refractivity contribution in [2.24, 2.45) is 0 Å². The second-order valence-electron chi connectivity index (χ2n) is 2.83. The fourth-order valence-electron chi connectivity index (χ4n) is 1.02. The van der Waals surface area contributed by atoms with E-state index < -0.39 is 0 Å². The zero-order valence-corrected chi connectivity index (χ0v) is 7.55. The van der Waals surface area contributed by atoms with Gasteiger partial charge in [-0.25, -0.2) is 0 Å². The molecule has 1 N–H and O–H groups in total. The van der Waals surface area contributed by atoms with Gasteiger partial charge >= 0.3 is 0 Å². The summed E-state index contributed by atoms with van der Waals surface area (Å²) >= 11 is 0. The number of hydrogen-bond donors (Lipinski definition) is 1. The average molecular weight is 155 g/mol. The predicted octanol–water partition coefficient (Wildman–Crippen LogP) is 1.02. The van der Waals surface area contributed by atoms with E-state index in [1.807, 2.05) is 0 Å². The zero-order chi connectivity index (χ0) is 8.69. The molecule has 2 heteroatoms. The van der Waals surface area contributed by atoms with Crippen molar-refractivity contribution < 1.29 is 4.74 Å². The second-order valence-corrected chi connectivity index (χ2v) is 2.83. The van der Waals surface area contributed by atoms with Crippen molar-refractivity contribution in [1.82, 2.24) is 5.32 Å². The normalized spacial score (nSPS) is 15.5. The first-order valence-electron chi connectivity index (χ1n) is 3.89. The van der Waals surface area contributed by atoms with Crippen LogP contribution in [-0.4, -0.2) is 25.8 Å². The maximum atomic E-state index is 5.16. The van der Waals surface area contributed by atoms with Crippen molar-refractivity contribution in [1.29, 1.82) is 0 Å². The summed E-state index contributed by atoms with van der Waals surface area (Å²) in [7, 11) is 1.70. The van der Waals surface area contributed by atoms with Gasteiger partial charge in [-0.3, -0.25) is 0 Å². The van der Waals surface area contributed by atoms with Crippen LogP contribution >= 0.6 is 0 Å². The lowest BCUT2D eigenvalue weighted by molar-refractivity contribution is 0.168. The van der Waals surface area contributed by atoms with Gasteiger partial charge in [0.05, 0.1) is 6.61 Å². The summed E-state index contributed by atoms with van der Waals surface area (Å²) in [6.07, 6.45) is 5.93. The molecule has 0 radical (unpaired) electrons. The van der Waals surface area contributed by atoms with Crippen LogP contribution in [0.25, 0.3) is 0 Å². The molecule has 2 unspecified atom stereocenters. The van der Waals surface area contributed by atoms with Gasteiger partial charge in [-0.15, -0.1) is 12.3 Å². The molecular formula is C9H17NO. The van der Waals surface area contributed by atoms with E-state index in [1.165, 1.54) is 0 Å². The molecule has 0 aromatic heterocycles. The van der Waals surface area contributed by atoms with Crippen LogP contribution in [0.2, 0.25) is 0 Å². The standard InChI is InChI=1S/C9H17NO/c1-5-6-8(2)10-9(3)7-11-4/h1,8-10H,6-7H2,2-4H3. The highest BCUT2D eigenvalue weighted by Crippen LogP contribution is 1.91. The molecule has 0 aromatic rings. The van der Waals surface area contributed by atoms with Crippen molar-refractivity contribution in [3.8, 4) is 12.3 Å². The van der Waals surface area contributed by atoms with E-state index >= 15 is 0 Å². The first-order chi connectivity index (χ1) is 5.20. The molecule has 0 bridgehead atoms. The van der Waals surface area contributed by atoms with Crippen LogP contribution in [0, 0.1) is 12.3 Å². The topological polar surface area (TPSA) is 21.3 Å². The van der Waals surface area contributed by atoms with E-state index in [4.69, 9.17) is 11.2 Å². The zero-order valence-electron chi connectivity index (χ0n) is 7.55. The van der Waals surface area contributed by atoms with E-state index in [1.54, 1.807) is 7.11 Å². The highest BCUT2D eigenvalue weighted by atomic mass is 16.5. The van der Waals surface area contributed by atoms with Crippen molar-refractivity contribution in [3.05, 3.63) is 0 Å². The van der Waals surface area contributed by atoms with Crippen LogP contribution < -0.4 is 5.32 Å². The lowest BCUT2D eigenvalue weighted by Crippen LogP contribution is -2.36. The van der Waals surface area contributed by atoms with Crippen molar-refractivity contribution in [2.75, 3.05) is 13.7 Å². The molecule has 0 aliphatic heterocycles. The van der Waals surface area contributed by atoms with E-state index in [0.29, 0.717) is 12.1 Å². The van der Waals surface area contributed by atoms with Gasteiger partial charge in [0.2, 0.25) is 0 Å². The molecule has 0 saturated heterocycles. The molecular weight excluding hydrogens is 138 g/mol. The van der Waals surface area contributed by atoms with Gasteiger partial charge in [0.15, 0.2) is 0 Å². The van der Waals surface area contributed by atoms with Gasteiger partial charge in [0.1, 0.15) is 0 Å². The summed E-state index contributed by atoms with van der Waals surface area (Å²) in [4.78, 5) is 0. The summed E-state index contributed by atoms with van der Waals surface area (Å²) in [5.74, 6) is 2.61. The fraction of sp³-hybridized carbons (Fsp3) is 0.778. The summed E-state index contributed by atoms with van der Waals surface area (Å²) in [5.41, 5.74) is 0. The van der Waals surface area contributed by atoms with E-state index in [-0.39, 0.29) is 0 Å². The molecule has 0 aromatic carbocycles. The number of nitrogens with one attached hydrogen (secondary N) is 1. The lowest BCUT2D eigenvalue weighted by atomic mass is 10.2. The second kappa shape index (κ2) is 6.21. The largest absolute Gasteiger partial charge is 0.383 e. The number of ether oxygens (including phenoxy) is 1. The molecule has 0 heterocycles. The molecule has 0 saturated carbocycles. The van der Waals surface area contributed by atoms with Crippen LogP contribution in [0.3, 0.4) is 0 Å². The molecule has 2 atom stereocenters. The minimum absolute atomic E-state index is 0.378. The van der Waals surface area contributed by atoms with Crippen LogP contribution in [-0.2, 0) is 4.74 Å². The van der Waals surface area contributed by atoms with Crippen molar-refractivity contribution in [2.45, 2.75) is 32.4 Å². The minimum atomic E-state index is 0.378. The summed E-state index contributed by atoms with van der Waals surface area (Å²) < 4.78 is 4.97. The average Bonchev–Trinajstić information content (AvgIpc) is 1.87. The van der Waals surface area contributed by atoms with Gasteiger partial charge in [-0.1, -0.05) is 0 Å². The Hall–Kier alpha value is -0.520. The monoisotopic (exact) mass is 155 g/mol. The smallest absolute Gasteiger partial charge is 0.0613 e. The first kappa shape index (κ1) is 10.5. The molecule has 0 spiro atoms. The fourth-order valence-corrected chi connectivity index (χ4v) is 1.02. The minimum Gasteiger partial charge on any atom is -0.383 e. The number of hydrogen-bond acceptors (Lipinski definition) is 2. The Labute approximate surface area is 69.3 Å². The Morgan fingerprint density at radius 1 is 1.45 bits per heavy atom. The highest BCUT2D eigenvalue weighted by Gasteiger charge is 2.04. The Bertz CT molecular complexity index is 128. The lowest BCUT2D eigenvalue weighted by Gasteiger charge is -2.17. The van der Waals surface area contributed by atoms with Crippen molar-refractivity contribution >= 4 is 0 Å². The van der Waals surface area contributed by atoms with Gasteiger partial charge < -0.3 is 10.1 Å². The van der Waals surface area contributed by atoms with Gasteiger partial charge in [0.25, 0.3) is 0 Å². The molecule has 64 valence electrons. The molecule has 0 aliphatic rings. The maximum absolute atomic E-state index is 5.16. The van der Waals surface area contributed by atoms with Crippen LogP contribution in [0.5, 0.6) is 0 Å². The van der Waals surface area contributed by atoms with Crippen LogP contribution in [0.1, 0.15) is 20.3 Å². The molecule has 0 aliphatic carbocycles. The third-order valence-electron chi connectivity index (χ3n) is 1.41. The quantitative estimate of drug-likeness (QED) is 0.599. The van der Waals surface area contributed by atoms with Crippen LogP contribution in [0.15, 0.2) is 0 Å². The summed E-state index contributed by atoms with van der Waals surface area (Å²) in [6, 6.07) is 0.758. The molecule has 0 amide bonds. The molecule has 2 nitrogen and oxygen atoms in total. The van der Waals surface area contributed by atoms with Gasteiger partial charge in [-0.05, 0) is 13.8 Å². The predicted molar refractivity (Wildman–Crippen MR) is 47.4 cm³/mol. The van der Waals surface area contributed by atoms with E-state index in [2.05, 4.69) is 25.1 Å². The van der Waals surface area contributed by atoms with Gasteiger partial charge in [-0.2, -0.15) is 0 Å². The SMILES string of the molecule is C#CCC(C)NC(C)COC. The maximum Gasteiger partial charge on any atom is 0.0613 e. The third kappa shape index (κ3) is 5.90. The Morgan fingerprint density at radius 3 is 2.55 bits per heavy atom. The number of rotatable bonds is 5. The van der Waals surface area contributed by atoms with Crippen LogP contribution in [0.4, 0.5) is 0 Å². The summed E-state index contributed by atoms with van der Waals surface area (Å²) in [6.45, 7) is 4.89. The molecule has 0 rings (SSSR count). The molecule has 11 heavy (non-hydrogen) atoms. The Morgan fingerprint density at radius 2 is 2.09 bits per heavy atom. The first-order valence-corrected chi connectivity index (χ1v) is 3.89. The van der Waals surface area contributed by atoms with E-state index in [0.717, 1.165) is 13.0 Å². The Kier molecular flexibility index (Phi) is 5.91. The number of methoxy groups -OCH3 is 1. The van der Waals surface area contributed by atoms with Crippen molar-refractivity contribution in [3.63, 3.8) is 0 Å². The van der Waals surface area contributed by atoms with E-state index in [9.17, 15) is 0 Å². The van der Waals surface area contributed by atoms with Gasteiger partial charge in [0, 0.05) is 25.6 Å². The highest BCUT2D eigenvalue weighted by molar-refractivity contribution is 4.88. The number of terminal acetylenes is 1.